The zero-order valence-corrected chi connectivity index (χ0v) is 14.7. The molecule has 0 saturated heterocycles. The van der Waals surface area contributed by atoms with E-state index in [9.17, 15) is 18.0 Å². The number of hydrogen-bond donors (Lipinski definition) is 3. The summed E-state index contributed by atoms with van der Waals surface area (Å²) >= 11 is 0. The van der Waals surface area contributed by atoms with E-state index in [2.05, 4.69) is 0 Å². The van der Waals surface area contributed by atoms with Gasteiger partial charge in [-0.2, -0.15) is 4.31 Å². The summed E-state index contributed by atoms with van der Waals surface area (Å²) < 4.78 is 26.9. The van der Waals surface area contributed by atoms with Crippen molar-refractivity contribution in [1.29, 1.82) is 0 Å². The number of nitrogens with zero attached hydrogens (tertiary/aromatic N) is 1. The summed E-state index contributed by atoms with van der Waals surface area (Å²) in [5.41, 5.74) is 2.05. The maximum atomic E-state index is 13.0. The van der Waals surface area contributed by atoms with Crippen LogP contribution in [0, 0.1) is 0 Å². The second-order valence-corrected chi connectivity index (χ2v) is 7.41. The van der Waals surface area contributed by atoms with Gasteiger partial charge < -0.3 is 5.11 Å². The van der Waals surface area contributed by atoms with Crippen molar-refractivity contribution in [2.24, 2.45) is 0 Å². The fourth-order valence-corrected chi connectivity index (χ4v) is 3.90. The molecule has 0 heterocycles. The van der Waals surface area contributed by atoms with E-state index < -0.39 is 27.9 Å². The Bertz CT molecular complexity index is 881. The van der Waals surface area contributed by atoms with Gasteiger partial charge in [0.25, 0.3) is 5.91 Å². The van der Waals surface area contributed by atoms with E-state index in [0.29, 0.717) is 5.56 Å². The fraction of sp³-hybridized carbons (Fsp3) is 0.176. The molecular formula is C17H18N2O6S. The third kappa shape index (κ3) is 4.26. The van der Waals surface area contributed by atoms with Gasteiger partial charge in [-0.25, -0.2) is 18.7 Å². The Morgan fingerprint density at radius 2 is 1.65 bits per heavy atom. The van der Waals surface area contributed by atoms with E-state index in [0.717, 1.165) is 4.31 Å². The molecule has 0 aliphatic rings. The van der Waals surface area contributed by atoms with E-state index in [4.69, 9.17) is 10.3 Å². The predicted molar refractivity (Wildman–Crippen MR) is 92.0 cm³/mol. The summed E-state index contributed by atoms with van der Waals surface area (Å²) in [6, 6.07) is 12.2. The van der Waals surface area contributed by atoms with Crippen LogP contribution in [-0.2, 0) is 21.4 Å². The number of carbonyl (C=O) groups excluding carboxylic acids is 1. The first kappa shape index (κ1) is 19.6. The maximum Gasteiger partial charge on any atom is 0.335 e. The van der Waals surface area contributed by atoms with Crippen molar-refractivity contribution in [3.8, 4) is 0 Å². The van der Waals surface area contributed by atoms with Crippen molar-refractivity contribution in [2.45, 2.75) is 24.4 Å². The Morgan fingerprint density at radius 3 is 2.15 bits per heavy atom. The first-order chi connectivity index (χ1) is 12.3. The van der Waals surface area contributed by atoms with Crippen LogP contribution in [0.1, 0.15) is 22.8 Å². The van der Waals surface area contributed by atoms with E-state index in [1.54, 1.807) is 30.3 Å². The molecule has 0 bridgehead atoms. The Kier molecular flexibility index (Phi) is 6.09. The number of amides is 1. The Balaban J connectivity index is 2.44. The number of carboxylic acid groups (broad SMARTS) is 1. The lowest BCUT2D eigenvalue weighted by Gasteiger charge is -2.27. The third-order valence-corrected chi connectivity index (χ3v) is 5.74. The third-order valence-electron chi connectivity index (χ3n) is 3.81. The van der Waals surface area contributed by atoms with Crippen LogP contribution in [0.4, 0.5) is 0 Å². The highest BCUT2D eigenvalue weighted by molar-refractivity contribution is 7.89. The zero-order chi connectivity index (χ0) is 19.3. The van der Waals surface area contributed by atoms with Crippen LogP contribution in [-0.4, -0.2) is 41.0 Å². The first-order valence-corrected chi connectivity index (χ1v) is 9.04. The molecule has 0 aromatic heterocycles. The quantitative estimate of drug-likeness (QED) is 0.495. The zero-order valence-electron chi connectivity index (χ0n) is 13.9. The largest absolute Gasteiger partial charge is 0.478 e. The van der Waals surface area contributed by atoms with Crippen molar-refractivity contribution in [2.75, 3.05) is 0 Å². The van der Waals surface area contributed by atoms with Gasteiger partial charge in [-0.1, -0.05) is 30.3 Å². The first-order valence-electron chi connectivity index (χ1n) is 7.60. The minimum absolute atomic E-state index is 0.0558. The predicted octanol–water partition coefficient (Wildman–Crippen LogP) is 1.47. The summed E-state index contributed by atoms with van der Waals surface area (Å²) in [5.74, 6) is -2.06. The summed E-state index contributed by atoms with van der Waals surface area (Å²) in [6.07, 6.45) is 0. The maximum absolute atomic E-state index is 13.0. The average molecular weight is 378 g/mol. The molecule has 0 aliphatic carbocycles. The van der Waals surface area contributed by atoms with Gasteiger partial charge in [0.1, 0.15) is 6.04 Å². The monoisotopic (exact) mass is 378 g/mol. The molecule has 0 saturated carbocycles. The van der Waals surface area contributed by atoms with Crippen molar-refractivity contribution in [3.63, 3.8) is 0 Å². The van der Waals surface area contributed by atoms with E-state index in [1.165, 1.54) is 36.7 Å². The van der Waals surface area contributed by atoms with Crippen LogP contribution in [0.25, 0.3) is 0 Å². The number of hydroxylamine groups is 1. The molecule has 8 nitrogen and oxygen atoms in total. The van der Waals surface area contributed by atoms with Crippen LogP contribution >= 0.6 is 0 Å². The Hall–Kier alpha value is -2.75. The van der Waals surface area contributed by atoms with Crippen molar-refractivity contribution < 1.29 is 28.3 Å². The molecule has 1 atom stereocenters. The second-order valence-electron chi connectivity index (χ2n) is 5.52. The smallest absolute Gasteiger partial charge is 0.335 e. The van der Waals surface area contributed by atoms with Crippen LogP contribution in [0.2, 0.25) is 0 Å². The molecule has 0 unspecified atom stereocenters. The van der Waals surface area contributed by atoms with Crippen LogP contribution in [0.5, 0.6) is 0 Å². The van der Waals surface area contributed by atoms with Gasteiger partial charge in [0.05, 0.1) is 10.5 Å². The van der Waals surface area contributed by atoms with E-state index in [-0.39, 0.29) is 17.0 Å². The van der Waals surface area contributed by atoms with Gasteiger partial charge in [0, 0.05) is 6.54 Å². The number of hydrogen-bond acceptors (Lipinski definition) is 5. The lowest BCUT2D eigenvalue weighted by Crippen LogP contribution is -2.46. The van der Waals surface area contributed by atoms with Crippen LogP contribution < -0.4 is 5.48 Å². The second kappa shape index (κ2) is 8.09. The summed E-state index contributed by atoms with van der Waals surface area (Å²) in [6.45, 7) is 1.25. The van der Waals surface area contributed by atoms with Crippen molar-refractivity contribution >= 4 is 21.9 Å². The van der Waals surface area contributed by atoms with Gasteiger partial charge in [0.15, 0.2) is 0 Å². The summed E-state index contributed by atoms with van der Waals surface area (Å²) in [5, 5.41) is 17.8. The normalized spacial score (nSPS) is 12.6. The molecular weight excluding hydrogens is 360 g/mol. The van der Waals surface area contributed by atoms with Crippen molar-refractivity contribution in [3.05, 3.63) is 65.7 Å². The molecule has 1 amide bonds. The molecule has 0 spiro atoms. The number of benzene rings is 2. The average Bonchev–Trinajstić information content (AvgIpc) is 2.65. The molecule has 138 valence electrons. The summed E-state index contributed by atoms with van der Waals surface area (Å²) in [7, 11) is -4.13. The SMILES string of the molecule is C[C@@H](C(=O)NO)N(Cc1ccccc1)S(=O)(=O)c1ccc(C(=O)O)cc1. The molecule has 3 N–H and O–H groups in total. The van der Waals surface area contributed by atoms with E-state index in [1.807, 2.05) is 0 Å². The Morgan fingerprint density at radius 1 is 1.08 bits per heavy atom. The van der Waals surface area contributed by atoms with E-state index >= 15 is 0 Å². The molecule has 2 rings (SSSR count). The van der Waals surface area contributed by atoms with Crippen LogP contribution in [0.15, 0.2) is 59.5 Å². The summed E-state index contributed by atoms with van der Waals surface area (Å²) in [4.78, 5) is 22.6. The van der Waals surface area contributed by atoms with Gasteiger partial charge in [0.2, 0.25) is 10.0 Å². The van der Waals surface area contributed by atoms with Gasteiger partial charge in [-0.3, -0.25) is 10.0 Å². The molecule has 0 radical (unpaired) electrons. The molecule has 9 heteroatoms. The van der Waals surface area contributed by atoms with Gasteiger partial charge >= 0.3 is 5.97 Å². The highest BCUT2D eigenvalue weighted by atomic mass is 32.2. The molecule has 0 fully saturated rings. The minimum Gasteiger partial charge on any atom is -0.478 e. The molecule has 2 aromatic rings. The number of aromatic carboxylic acids is 1. The van der Waals surface area contributed by atoms with Crippen molar-refractivity contribution in [1.82, 2.24) is 9.79 Å². The standard InChI is InChI=1S/C17H18N2O6S/c1-12(16(20)18-23)19(11-13-5-3-2-4-6-13)26(24,25)15-9-7-14(8-10-15)17(21)22/h2-10,12,23H,11H2,1H3,(H,18,20)(H,21,22)/t12-/m0/s1. The van der Waals surface area contributed by atoms with Gasteiger partial charge in [-0.15, -0.1) is 0 Å². The number of rotatable bonds is 7. The highest BCUT2D eigenvalue weighted by Crippen LogP contribution is 2.22. The molecule has 26 heavy (non-hydrogen) atoms. The molecule has 0 aliphatic heterocycles. The van der Waals surface area contributed by atoms with Crippen LogP contribution in [0.3, 0.4) is 0 Å². The highest BCUT2D eigenvalue weighted by Gasteiger charge is 2.33. The number of nitrogens with one attached hydrogen (secondary N) is 1. The lowest BCUT2D eigenvalue weighted by atomic mass is 10.2. The number of carbonyl (C=O) groups is 2. The Labute approximate surface area is 150 Å². The topological polar surface area (TPSA) is 124 Å². The fourth-order valence-electron chi connectivity index (χ4n) is 2.32. The van der Waals surface area contributed by atoms with Gasteiger partial charge in [-0.05, 0) is 36.8 Å². The number of carboxylic acids is 1. The number of sulfonamides is 1. The minimum atomic E-state index is -4.13. The lowest BCUT2D eigenvalue weighted by molar-refractivity contribution is -0.132. The molecule has 2 aromatic carbocycles.